The molecule has 1 N–H and O–H groups in total. The van der Waals surface area contributed by atoms with Gasteiger partial charge in [-0.25, -0.2) is 0 Å². The van der Waals surface area contributed by atoms with Gasteiger partial charge in [-0.3, -0.25) is 0 Å². The van der Waals surface area contributed by atoms with Crippen LogP contribution in [0.25, 0.3) is 0 Å². The minimum absolute atomic E-state index is 0.328. The summed E-state index contributed by atoms with van der Waals surface area (Å²) in [4.78, 5) is 0. The van der Waals surface area contributed by atoms with Gasteiger partial charge in [-0.15, -0.1) is 0 Å². The van der Waals surface area contributed by atoms with E-state index in [1.165, 1.54) is 5.56 Å². The minimum Gasteiger partial charge on any atom is -0.492 e. The second-order valence-electron chi connectivity index (χ2n) is 4.87. The Morgan fingerprint density at radius 2 is 1.79 bits per heavy atom. The number of hydrogen-bond acceptors (Lipinski definition) is 3. The average Bonchev–Trinajstić information content (AvgIpc) is 2.42. The van der Waals surface area contributed by atoms with E-state index in [4.69, 9.17) is 9.47 Å². The van der Waals surface area contributed by atoms with Crippen LogP contribution in [0.5, 0.6) is 5.75 Å². The van der Waals surface area contributed by atoms with E-state index in [9.17, 15) is 0 Å². The van der Waals surface area contributed by atoms with E-state index in [2.05, 4.69) is 38.2 Å². The van der Waals surface area contributed by atoms with Crippen molar-refractivity contribution in [1.82, 2.24) is 5.32 Å². The van der Waals surface area contributed by atoms with Crippen LogP contribution < -0.4 is 10.1 Å². The molecule has 0 atom stereocenters. The number of nitrogens with one attached hydrogen (secondary N) is 1. The lowest BCUT2D eigenvalue weighted by Crippen LogP contribution is -2.23. The molecule has 0 heterocycles. The Kier molecular flexibility index (Phi) is 8.26. The maximum atomic E-state index is 5.66. The van der Waals surface area contributed by atoms with Crippen LogP contribution in [0.1, 0.15) is 32.8 Å². The van der Waals surface area contributed by atoms with Gasteiger partial charge in [0.25, 0.3) is 0 Å². The summed E-state index contributed by atoms with van der Waals surface area (Å²) in [6.07, 6.45) is 2.44. The van der Waals surface area contributed by atoms with Gasteiger partial charge in [0.05, 0.1) is 6.10 Å². The molecule has 0 aliphatic rings. The molecular weight excluding hydrogens is 238 g/mol. The molecule has 0 unspecified atom stereocenters. The standard InChI is InChI=1S/C16H27NO2/c1-4-15-6-8-16(9-7-15)19-13-11-17-10-5-12-18-14(2)3/h6-9,14,17H,4-5,10-13H2,1-3H3. The molecule has 19 heavy (non-hydrogen) atoms. The van der Waals surface area contributed by atoms with E-state index in [1.54, 1.807) is 0 Å². The zero-order valence-electron chi connectivity index (χ0n) is 12.4. The van der Waals surface area contributed by atoms with E-state index < -0.39 is 0 Å². The van der Waals surface area contributed by atoms with Crippen molar-refractivity contribution in [2.75, 3.05) is 26.3 Å². The smallest absolute Gasteiger partial charge is 0.119 e. The average molecular weight is 265 g/mol. The zero-order valence-corrected chi connectivity index (χ0v) is 12.4. The van der Waals surface area contributed by atoms with E-state index in [0.29, 0.717) is 12.7 Å². The fraction of sp³-hybridized carbons (Fsp3) is 0.625. The highest BCUT2D eigenvalue weighted by atomic mass is 16.5. The van der Waals surface area contributed by atoms with E-state index >= 15 is 0 Å². The highest BCUT2D eigenvalue weighted by Gasteiger charge is 1.95. The molecule has 0 fully saturated rings. The fourth-order valence-electron chi connectivity index (χ4n) is 1.70. The number of ether oxygens (including phenoxy) is 2. The fourth-order valence-corrected chi connectivity index (χ4v) is 1.70. The van der Waals surface area contributed by atoms with Gasteiger partial charge in [-0.2, -0.15) is 0 Å². The number of hydrogen-bond donors (Lipinski definition) is 1. The van der Waals surface area contributed by atoms with E-state index in [-0.39, 0.29) is 0 Å². The predicted molar refractivity (Wildman–Crippen MR) is 79.9 cm³/mol. The van der Waals surface area contributed by atoms with Crippen molar-refractivity contribution in [2.45, 2.75) is 39.7 Å². The molecule has 1 rings (SSSR count). The van der Waals surface area contributed by atoms with Crippen LogP contribution in [0.2, 0.25) is 0 Å². The molecule has 0 radical (unpaired) electrons. The van der Waals surface area contributed by atoms with Crippen molar-refractivity contribution >= 4 is 0 Å². The first kappa shape index (κ1) is 16.0. The molecule has 1 aromatic rings. The first-order chi connectivity index (χ1) is 9.22. The van der Waals surface area contributed by atoms with Gasteiger partial charge in [-0.1, -0.05) is 19.1 Å². The molecule has 0 aliphatic carbocycles. The number of rotatable bonds is 10. The summed E-state index contributed by atoms with van der Waals surface area (Å²) in [5.74, 6) is 0.946. The molecule has 108 valence electrons. The Labute approximate surface area is 117 Å². The second kappa shape index (κ2) is 9.82. The van der Waals surface area contributed by atoms with Crippen molar-refractivity contribution in [3.8, 4) is 5.75 Å². The van der Waals surface area contributed by atoms with Gasteiger partial charge in [0.2, 0.25) is 0 Å². The van der Waals surface area contributed by atoms with Gasteiger partial charge in [0, 0.05) is 13.2 Å². The summed E-state index contributed by atoms with van der Waals surface area (Å²) in [5.41, 5.74) is 1.34. The number of aryl methyl sites for hydroxylation is 1. The van der Waals surface area contributed by atoms with Crippen LogP contribution in [0.3, 0.4) is 0 Å². The molecule has 0 bridgehead atoms. The summed E-state index contributed by atoms with van der Waals surface area (Å²) < 4.78 is 11.1. The van der Waals surface area contributed by atoms with Crippen molar-refractivity contribution < 1.29 is 9.47 Å². The summed E-state index contributed by atoms with van der Waals surface area (Å²) in [6, 6.07) is 8.31. The van der Waals surface area contributed by atoms with Gasteiger partial charge in [0.15, 0.2) is 0 Å². The molecule has 1 aromatic carbocycles. The van der Waals surface area contributed by atoms with Crippen molar-refractivity contribution in [3.63, 3.8) is 0 Å². The topological polar surface area (TPSA) is 30.5 Å². The SMILES string of the molecule is CCc1ccc(OCCNCCCOC(C)C)cc1. The van der Waals surface area contributed by atoms with E-state index in [0.717, 1.165) is 38.3 Å². The molecule has 0 saturated heterocycles. The summed E-state index contributed by atoms with van der Waals surface area (Å²) in [6.45, 7) is 9.65. The molecule has 0 amide bonds. The lowest BCUT2D eigenvalue weighted by Gasteiger charge is -2.09. The molecule has 3 nitrogen and oxygen atoms in total. The monoisotopic (exact) mass is 265 g/mol. The van der Waals surface area contributed by atoms with E-state index in [1.807, 2.05) is 12.1 Å². The highest BCUT2D eigenvalue weighted by molar-refractivity contribution is 5.27. The molecule has 0 spiro atoms. The highest BCUT2D eigenvalue weighted by Crippen LogP contribution is 2.11. The molecule has 0 aliphatic heterocycles. The Morgan fingerprint density at radius 3 is 2.42 bits per heavy atom. The zero-order chi connectivity index (χ0) is 13.9. The van der Waals surface area contributed by atoms with Gasteiger partial charge < -0.3 is 14.8 Å². The first-order valence-electron chi connectivity index (χ1n) is 7.26. The van der Waals surface area contributed by atoms with Crippen LogP contribution in [-0.4, -0.2) is 32.4 Å². The lowest BCUT2D eigenvalue weighted by molar-refractivity contribution is 0.0770. The Bertz CT molecular complexity index is 322. The summed E-state index contributed by atoms with van der Waals surface area (Å²) >= 11 is 0. The van der Waals surface area contributed by atoms with Crippen molar-refractivity contribution in [3.05, 3.63) is 29.8 Å². The van der Waals surface area contributed by atoms with Crippen LogP contribution in [0.4, 0.5) is 0 Å². The van der Waals surface area contributed by atoms with Crippen molar-refractivity contribution in [1.29, 1.82) is 0 Å². The normalized spacial score (nSPS) is 10.9. The summed E-state index contributed by atoms with van der Waals surface area (Å²) in [5, 5.41) is 3.35. The van der Waals surface area contributed by atoms with Crippen LogP contribution in [0, 0.1) is 0 Å². The van der Waals surface area contributed by atoms with Crippen molar-refractivity contribution in [2.24, 2.45) is 0 Å². The quantitative estimate of drug-likeness (QED) is 0.660. The second-order valence-corrected chi connectivity index (χ2v) is 4.87. The van der Waals surface area contributed by atoms with Gasteiger partial charge in [0.1, 0.15) is 12.4 Å². The van der Waals surface area contributed by atoms with Crippen LogP contribution in [-0.2, 0) is 11.2 Å². The largest absolute Gasteiger partial charge is 0.492 e. The molecule has 3 heteroatoms. The Balaban J connectivity index is 1.98. The van der Waals surface area contributed by atoms with Gasteiger partial charge in [-0.05, 0) is 50.9 Å². The third-order valence-corrected chi connectivity index (χ3v) is 2.83. The van der Waals surface area contributed by atoms with Crippen LogP contribution >= 0.6 is 0 Å². The number of benzene rings is 1. The lowest BCUT2D eigenvalue weighted by atomic mass is 10.2. The summed E-state index contributed by atoms with van der Waals surface area (Å²) in [7, 11) is 0. The Hall–Kier alpha value is -1.06. The third kappa shape index (κ3) is 7.85. The minimum atomic E-state index is 0.328. The third-order valence-electron chi connectivity index (χ3n) is 2.83. The maximum absolute atomic E-state index is 5.66. The molecule has 0 aromatic heterocycles. The van der Waals surface area contributed by atoms with Crippen LogP contribution in [0.15, 0.2) is 24.3 Å². The maximum Gasteiger partial charge on any atom is 0.119 e. The molecular formula is C16H27NO2. The predicted octanol–water partition coefficient (Wildman–Crippen LogP) is 3.03. The first-order valence-corrected chi connectivity index (χ1v) is 7.26. The molecule has 0 saturated carbocycles. The van der Waals surface area contributed by atoms with Gasteiger partial charge >= 0.3 is 0 Å². The Morgan fingerprint density at radius 1 is 1.05 bits per heavy atom.